The highest BCUT2D eigenvalue weighted by molar-refractivity contribution is 9.10. The molecule has 0 aromatic heterocycles. The fourth-order valence-electron chi connectivity index (χ4n) is 2.91. The molecule has 1 nitrogen and oxygen atoms in total. The van der Waals surface area contributed by atoms with E-state index >= 15 is 0 Å². The Hall–Kier alpha value is -0.410. The van der Waals surface area contributed by atoms with Gasteiger partial charge in [-0.1, -0.05) is 41.8 Å². The topological polar surface area (TPSA) is 26.0 Å². The fraction of sp³-hybridized carbons (Fsp3) is 0.571. The van der Waals surface area contributed by atoms with Crippen molar-refractivity contribution < 1.29 is 4.39 Å². The number of benzene rings is 1. The second-order valence-corrected chi connectivity index (χ2v) is 6.39. The molecule has 94 valence electrons. The van der Waals surface area contributed by atoms with Gasteiger partial charge in [0, 0.05) is 10.0 Å². The second kappa shape index (κ2) is 5.07. The molecule has 0 heterocycles. The van der Waals surface area contributed by atoms with Crippen LogP contribution in [0.1, 0.15) is 38.2 Å². The SMILES string of the molecule is CC1CCCC(N)(Cc2ccc(Br)cc2F)C1. The van der Waals surface area contributed by atoms with Gasteiger partial charge >= 0.3 is 0 Å². The van der Waals surface area contributed by atoms with Gasteiger partial charge in [-0.25, -0.2) is 4.39 Å². The molecule has 2 atom stereocenters. The van der Waals surface area contributed by atoms with Crippen molar-refractivity contribution in [3.05, 3.63) is 34.1 Å². The summed E-state index contributed by atoms with van der Waals surface area (Å²) in [5.74, 6) is 0.509. The zero-order valence-corrected chi connectivity index (χ0v) is 11.8. The Labute approximate surface area is 111 Å². The molecule has 0 radical (unpaired) electrons. The molecule has 1 aromatic carbocycles. The molecule has 0 saturated heterocycles. The molecule has 0 aliphatic heterocycles. The van der Waals surface area contributed by atoms with Gasteiger partial charge in [-0.15, -0.1) is 0 Å². The summed E-state index contributed by atoms with van der Waals surface area (Å²) < 4.78 is 14.6. The Morgan fingerprint density at radius 1 is 1.53 bits per heavy atom. The van der Waals surface area contributed by atoms with Crippen LogP contribution in [-0.4, -0.2) is 5.54 Å². The van der Waals surface area contributed by atoms with Crippen molar-refractivity contribution in [1.82, 2.24) is 0 Å². The van der Waals surface area contributed by atoms with Gasteiger partial charge in [-0.3, -0.25) is 0 Å². The van der Waals surface area contributed by atoms with E-state index in [4.69, 9.17) is 5.73 Å². The van der Waals surface area contributed by atoms with Crippen LogP contribution in [0.15, 0.2) is 22.7 Å². The zero-order valence-electron chi connectivity index (χ0n) is 10.2. The molecule has 0 spiro atoms. The minimum atomic E-state index is -0.216. The van der Waals surface area contributed by atoms with Crippen LogP contribution >= 0.6 is 15.9 Å². The van der Waals surface area contributed by atoms with E-state index in [1.807, 2.05) is 12.1 Å². The van der Waals surface area contributed by atoms with Crippen LogP contribution in [0.2, 0.25) is 0 Å². The lowest BCUT2D eigenvalue weighted by molar-refractivity contribution is 0.233. The molecule has 0 amide bonds. The number of nitrogens with two attached hydrogens (primary N) is 1. The van der Waals surface area contributed by atoms with Gasteiger partial charge in [-0.2, -0.15) is 0 Å². The van der Waals surface area contributed by atoms with Crippen LogP contribution in [0.3, 0.4) is 0 Å². The summed E-state index contributed by atoms with van der Waals surface area (Å²) >= 11 is 3.27. The predicted octanol–water partition coefficient (Wildman–Crippen LogP) is 4.04. The Balaban J connectivity index is 2.14. The van der Waals surface area contributed by atoms with Gasteiger partial charge in [0.1, 0.15) is 5.82 Å². The van der Waals surface area contributed by atoms with Gasteiger partial charge in [-0.05, 0) is 42.9 Å². The Morgan fingerprint density at radius 2 is 2.29 bits per heavy atom. The summed E-state index contributed by atoms with van der Waals surface area (Å²) in [6.07, 6.45) is 5.07. The molecular weight excluding hydrogens is 281 g/mol. The van der Waals surface area contributed by atoms with Crippen LogP contribution < -0.4 is 5.73 Å². The van der Waals surface area contributed by atoms with Crippen molar-refractivity contribution >= 4 is 15.9 Å². The number of hydrogen-bond donors (Lipinski definition) is 1. The van der Waals surface area contributed by atoms with Crippen LogP contribution in [-0.2, 0) is 6.42 Å². The quantitative estimate of drug-likeness (QED) is 0.876. The first-order valence-electron chi connectivity index (χ1n) is 6.21. The van der Waals surface area contributed by atoms with E-state index in [2.05, 4.69) is 22.9 Å². The maximum Gasteiger partial charge on any atom is 0.127 e. The van der Waals surface area contributed by atoms with Gasteiger partial charge in [0.15, 0.2) is 0 Å². The third-order valence-corrected chi connectivity index (χ3v) is 4.18. The molecule has 17 heavy (non-hydrogen) atoms. The van der Waals surface area contributed by atoms with E-state index in [-0.39, 0.29) is 11.4 Å². The average molecular weight is 300 g/mol. The van der Waals surface area contributed by atoms with E-state index in [1.54, 1.807) is 0 Å². The van der Waals surface area contributed by atoms with Crippen molar-refractivity contribution in [1.29, 1.82) is 0 Å². The van der Waals surface area contributed by atoms with Gasteiger partial charge < -0.3 is 5.73 Å². The molecule has 1 fully saturated rings. The standard InChI is InChI=1S/C14H19BrFN/c1-10-3-2-6-14(17,8-10)9-11-4-5-12(15)7-13(11)16/h4-5,7,10H,2-3,6,8-9,17H2,1H3. The molecule has 1 saturated carbocycles. The van der Waals surface area contributed by atoms with Gasteiger partial charge in [0.25, 0.3) is 0 Å². The first-order chi connectivity index (χ1) is 7.98. The number of rotatable bonds is 2. The summed E-state index contributed by atoms with van der Waals surface area (Å²) in [6, 6.07) is 5.24. The summed E-state index contributed by atoms with van der Waals surface area (Å²) in [6.45, 7) is 2.23. The van der Waals surface area contributed by atoms with Crippen LogP contribution in [0, 0.1) is 11.7 Å². The summed E-state index contributed by atoms with van der Waals surface area (Å²) in [7, 11) is 0. The number of halogens is 2. The average Bonchev–Trinajstić information content (AvgIpc) is 2.22. The highest BCUT2D eigenvalue weighted by Gasteiger charge is 2.31. The van der Waals surface area contributed by atoms with Crippen molar-refractivity contribution in [3.8, 4) is 0 Å². The van der Waals surface area contributed by atoms with E-state index in [1.165, 1.54) is 12.5 Å². The van der Waals surface area contributed by atoms with Crippen molar-refractivity contribution in [2.24, 2.45) is 11.7 Å². The maximum absolute atomic E-state index is 13.8. The first kappa shape index (κ1) is 13.0. The maximum atomic E-state index is 13.8. The van der Waals surface area contributed by atoms with Crippen molar-refractivity contribution in [3.63, 3.8) is 0 Å². The van der Waals surface area contributed by atoms with Gasteiger partial charge in [0.2, 0.25) is 0 Å². The molecule has 0 bridgehead atoms. The highest BCUT2D eigenvalue weighted by Crippen LogP contribution is 2.33. The molecule has 2 unspecified atom stereocenters. The van der Waals surface area contributed by atoms with E-state index < -0.39 is 0 Å². The van der Waals surface area contributed by atoms with Crippen molar-refractivity contribution in [2.75, 3.05) is 0 Å². The number of hydrogen-bond acceptors (Lipinski definition) is 1. The normalized spacial score (nSPS) is 29.3. The third kappa shape index (κ3) is 3.29. The monoisotopic (exact) mass is 299 g/mol. The molecule has 1 aromatic rings. The van der Waals surface area contributed by atoms with Crippen LogP contribution in [0.25, 0.3) is 0 Å². The summed E-state index contributed by atoms with van der Waals surface area (Å²) in [5.41, 5.74) is 6.93. The second-order valence-electron chi connectivity index (χ2n) is 5.48. The van der Waals surface area contributed by atoms with E-state index in [0.717, 1.165) is 29.3 Å². The minimum Gasteiger partial charge on any atom is -0.325 e. The molecular formula is C14H19BrFN. The minimum absolute atomic E-state index is 0.151. The molecule has 3 heteroatoms. The Bertz CT molecular complexity index is 407. The summed E-state index contributed by atoms with van der Waals surface area (Å²) in [5, 5.41) is 0. The smallest absolute Gasteiger partial charge is 0.127 e. The van der Waals surface area contributed by atoms with E-state index in [0.29, 0.717) is 12.3 Å². The zero-order chi connectivity index (χ0) is 12.5. The Kier molecular flexibility index (Phi) is 3.88. The van der Waals surface area contributed by atoms with Gasteiger partial charge in [0.05, 0.1) is 0 Å². The summed E-state index contributed by atoms with van der Waals surface area (Å²) in [4.78, 5) is 0. The molecule has 1 aliphatic rings. The predicted molar refractivity (Wildman–Crippen MR) is 72.4 cm³/mol. The lowest BCUT2D eigenvalue weighted by atomic mass is 9.74. The molecule has 1 aliphatic carbocycles. The highest BCUT2D eigenvalue weighted by atomic mass is 79.9. The Morgan fingerprint density at radius 3 is 2.94 bits per heavy atom. The first-order valence-corrected chi connectivity index (χ1v) is 7.01. The van der Waals surface area contributed by atoms with Crippen molar-refractivity contribution in [2.45, 2.75) is 44.6 Å². The largest absolute Gasteiger partial charge is 0.325 e. The van der Waals surface area contributed by atoms with E-state index in [9.17, 15) is 4.39 Å². The lowest BCUT2D eigenvalue weighted by Crippen LogP contribution is -2.46. The fourth-order valence-corrected chi connectivity index (χ4v) is 3.24. The van der Waals surface area contributed by atoms with Crippen LogP contribution in [0.4, 0.5) is 4.39 Å². The van der Waals surface area contributed by atoms with Crippen LogP contribution in [0.5, 0.6) is 0 Å². The molecule has 2 rings (SSSR count). The third-order valence-electron chi connectivity index (χ3n) is 3.68. The lowest BCUT2D eigenvalue weighted by Gasteiger charge is -2.37. The molecule has 2 N–H and O–H groups in total.